The second-order valence-corrected chi connectivity index (χ2v) is 3.99. The Bertz CT molecular complexity index is 625. The van der Waals surface area contributed by atoms with Crippen LogP contribution in [0.4, 0.5) is 19.1 Å². The zero-order valence-electron chi connectivity index (χ0n) is 9.90. The van der Waals surface area contributed by atoms with E-state index in [4.69, 9.17) is 19.9 Å². The van der Waals surface area contributed by atoms with Gasteiger partial charge < -0.3 is 19.9 Å². The van der Waals surface area contributed by atoms with Crippen molar-refractivity contribution in [2.45, 2.75) is 6.18 Å². The summed E-state index contributed by atoms with van der Waals surface area (Å²) in [5, 5.41) is 0. The van der Waals surface area contributed by atoms with E-state index in [0.717, 1.165) is 12.5 Å². The molecule has 0 fully saturated rings. The Labute approximate surface area is 110 Å². The van der Waals surface area contributed by atoms with Gasteiger partial charge in [0, 0.05) is 11.8 Å². The number of nitrogen functional groups attached to an aromatic ring is 1. The maximum atomic E-state index is 13.0. The normalized spacial score (nSPS) is 17.9. The molecule has 2 aliphatic heterocycles. The van der Waals surface area contributed by atoms with Gasteiger partial charge in [0.1, 0.15) is 6.61 Å². The largest absolute Gasteiger partial charge is 0.492 e. The van der Waals surface area contributed by atoms with Crippen LogP contribution in [0.25, 0.3) is 5.57 Å². The van der Waals surface area contributed by atoms with Gasteiger partial charge in [0.2, 0.25) is 12.7 Å². The molecule has 3 heterocycles. The van der Waals surface area contributed by atoms with Crippen LogP contribution in [0.15, 0.2) is 24.0 Å². The van der Waals surface area contributed by atoms with Crippen molar-refractivity contribution in [1.82, 2.24) is 9.97 Å². The second-order valence-electron chi connectivity index (χ2n) is 3.99. The molecule has 9 heteroatoms. The molecule has 0 spiro atoms. The van der Waals surface area contributed by atoms with Gasteiger partial charge in [-0.25, -0.2) is 9.97 Å². The highest BCUT2D eigenvalue weighted by atomic mass is 19.4. The third-order valence-electron chi connectivity index (χ3n) is 2.72. The zero-order chi connectivity index (χ0) is 14.3. The molecule has 0 bridgehead atoms. The van der Waals surface area contributed by atoms with Gasteiger partial charge in [-0.1, -0.05) is 0 Å². The standard InChI is InChI=1S/C11H8F3N3O3/c12-11(13,14)9-5(1-16-10(15)17-9)6-2-18-3-7-8(6)20-4-19-7/h1-2H,3-4H2,(H2,15,16,17). The van der Waals surface area contributed by atoms with Gasteiger partial charge >= 0.3 is 6.18 Å². The summed E-state index contributed by atoms with van der Waals surface area (Å²) in [7, 11) is 0. The molecule has 1 aromatic heterocycles. The van der Waals surface area contributed by atoms with Gasteiger partial charge in [0.15, 0.2) is 17.2 Å². The Balaban J connectivity index is 2.13. The SMILES string of the molecule is Nc1ncc(C2=COCC3=C2OCO3)c(C(F)(F)F)n1. The predicted octanol–water partition coefficient (Wildman–Crippen LogP) is 1.66. The zero-order valence-corrected chi connectivity index (χ0v) is 9.90. The Morgan fingerprint density at radius 3 is 2.80 bits per heavy atom. The number of hydrogen-bond acceptors (Lipinski definition) is 6. The van der Waals surface area contributed by atoms with Crippen molar-refractivity contribution < 1.29 is 27.4 Å². The first-order chi connectivity index (χ1) is 9.47. The van der Waals surface area contributed by atoms with Crippen LogP contribution in [-0.4, -0.2) is 23.4 Å². The summed E-state index contributed by atoms with van der Waals surface area (Å²) < 4.78 is 54.4. The summed E-state index contributed by atoms with van der Waals surface area (Å²) in [4.78, 5) is 6.85. The van der Waals surface area contributed by atoms with Crippen molar-refractivity contribution in [2.24, 2.45) is 0 Å². The molecular formula is C11H8F3N3O3. The molecule has 2 aliphatic rings. The number of anilines is 1. The Hall–Kier alpha value is -2.45. The molecule has 6 nitrogen and oxygen atoms in total. The smallest absolute Gasteiger partial charge is 0.434 e. The van der Waals surface area contributed by atoms with Gasteiger partial charge in [0.25, 0.3) is 0 Å². The number of aromatic nitrogens is 2. The Kier molecular flexibility index (Phi) is 2.70. The highest BCUT2D eigenvalue weighted by Crippen LogP contribution is 2.39. The molecule has 2 N–H and O–H groups in total. The molecule has 0 atom stereocenters. The first-order valence-corrected chi connectivity index (χ1v) is 5.48. The number of nitrogens with zero attached hydrogens (tertiary/aromatic N) is 2. The van der Waals surface area contributed by atoms with Crippen LogP contribution in [0.2, 0.25) is 0 Å². The van der Waals surface area contributed by atoms with E-state index >= 15 is 0 Å². The number of ether oxygens (including phenoxy) is 3. The molecule has 106 valence electrons. The Morgan fingerprint density at radius 2 is 2.05 bits per heavy atom. The van der Waals surface area contributed by atoms with Crippen LogP contribution >= 0.6 is 0 Å². The minimum Gasteiger partial charge on any atom is -0.492 e. The molecule has 0 radical (unpaired) electrons. The molecule has 0 aromatic carbocycles. The summed E-state index contributed by atoms with van der Waals surface area (Å²) in [5.41, 5.74) is 3.88. The minimum atomic E-state index is -4.68. The van der Waals surface area contributed by atoms with E-state index in [1.807, 2.05) is 0 Å². The van der Waals surface area contributed by atoms with Crippen LogP contribution in [0, 0.1) is 0 Å². The molecule has 1 aromatic rings. The minimum absolute atomic E-state index is 0.0669. The fourth-order valence-electron chi connectivity index (χ4n) is 1.89. The molecule has 0 saturated carbocycles. The Morgan fingerprint density at radius 1 is 1.25 bits per heavy atom. The van der Waals surface area contributed by atoms with Crippen molar-refractivity contribution in [1.29, 1.82) is 0 Å². The van der Waals surface area contributed by atoms with Crippen LogP contribution in [0.5, 0.6) is 0 Å². The van der Waals surface area contributed by atoms with Gasteiger partial charge in [0.05, 0.1) is 11.8 Å². The second kappa shape index (κ2) is 4.29. The van der Waals surface area contributed by atoms with E-state index in [1.54, 1.807) is 0 Å². The molecule has 0 unspecified atom stereocenters. The average molecular weight is 287 g/mol. The number of hydrogen-bond donors (Lipinski definition) is 1. The third kappa shape index (κ3) is 2.00. The maximum Gasteiger partial charge on any atom is 0.434 e. The lowest BCUT2D eigenvalue weighted by atomic mass is 10.0. The topological polar surface area (TPSA) is 79.5 Å². The average Bonchev–Trinajstić information content (AvgIpc) is 2.86. The highest BCUT2D eigenvalue weighted by molar-refractivity contribution is 5.79. The van der Waals surface area contributed by atoms with Gasteiger partial charge in [-0.15, -0.1) is 0 Å². The molecule has 0 saturated heterocycles. The fourth-order valence-corrected chi connectivity index (χ4v) is 1.89. The third-order valence-corrected chi connectivity index (χ3v) is 2.72. The van der Waals surface area contributed by atoms with E-state index in [1.165, 1.54) is 0 Å². The monoisotopic (exact) mass is 287 g/mol. The van der Waals surface area contributed by atoms with Crippen molar-refractivity contribution in [3.05, 3.63) is 35.2 Å². The summed E-state index contributed by atoms with van der Waals surface area (Å²) >= 11 is 0. The summed E-state index contributed by atoms with van der Waals surface area (Å²) in [6.45, 7) is 0.0402. The molecule has 20 heavy (non-hydrogen) atoms. The van der Waals surface area contributed by atoms with E-state index in [0.29, 0.717) is 5.76 Å². The summed E-state index contributed by atoms with van der Waals surface area (Å²) in [6.07, 6.45) is -2.53. The highest BCUT2D eigenvalue weighted by Gasteiger charge is 2.39. The lowest BCUT2D eigenvalue weighted by Gasteiger charge is -2.17. The van der Waals surface area contributed by atoms with Crippen molar-refractivity contribution >= 4 is 11.5 Å². The van der Waals surface area contributed by atoms with Crippen molar-refractivity contribution in [3.63, 3.8) is 0 Å². The van der Waals surface area contributed by atoms with Gasteiger partial charge in [-0.05, 0) is 0 Å². The molecule has 0 amide bonds. The quantitative estimate of drug-likeness (QED) is 0.846. The van der Waals surface area contributed by atoms with Crippen molar-refractivity contribution in [3.8, 4) is 0 Å². The summed E-state index contributed by atoms with van der Waals surface area (Å²) in [6, 6.07) is 0. The molecule has 3 rings (SSSR count). The predicted molar refractivity (Wildman–Crippen MR) is 59.4 cm³/mol. The lowest BCUT2D eigenvalue weighted by molar-refractivity contribution is -0.141. The van der Waals surface area contributed by atoms with E-state index < -0.39 is 17.8 Å². The first kappa shape index (κ1) is 12.6. The van der Waals surface area contributed by atoms with Crippen LogP contribution in [-0.2, 0) is 20.4 Å². The van der Waals surface area contributed by atoms with E-state index in [-0.39, 0.29) is 30.3 Å². The number of allylic oxidation sites excluding steroid dienone is 1. The van der Waals surface area contributed by atoms with E-state index in [9.17, 15) is 13.2 Å². The summed E-state index contributed by atoms with van der Waals surface area (Å²) in [5.74, 6) is 0.0822. The first-order valence-electron chi connectivity index (χ1n) is 5.48. The number of alkyl halides is 3. The fraction of sp³-hybridized carbons (Fsp3) is 0.273. The number of nitrogens with two attached hydrogens (primary N) is 1. The van der Waals surface area contributed by atoms with E-state index in [2.05, 4.69) is 9.97 Å². The van der Waals surface area contributed by atoms with Crippen molar-refractivity contribution in [2.75, 3.05) is 19.1 Å². The maximum absolute atomic E-state index is 13.0. The molecule has 0 aliphatic carbocycles. The molecular weight excluding hydrogens is 279 g/mol. The van der Waals surface area contributed by atoms with Gasteiger partial charge in [-0.3, -0.25) is 0 Å². The van der Waals surface area contributed by atoms with Gasteiger partial charge in [-0.2, -0.15) is 13.2 Å². The van der Waals surface area contributed by atoms with Crippen LogP contribution in [0.1, 0.15) is 11.3 Å². The number of rotatable bonds is 1. The van der Waals surface area contributed by atoms with Crippen LogP contribution < -0.4 is 5.73 Å². The van der Waals surface area contributed by atoms with Crippen LogP contribution in [0.3, 0.4) is 0 Å². The lowest BCUT2D eigenvalue weighted by Crippen LogP contribution is -2.16. The number of halogens is 3.